The molecule has 1 fully saturated rings. The van der Waals surface area contributed by atoms with Gasteiger partial charge in [0.15, 0.2) is 0 Å². The van der Waals surface area contributed by atoms with Crippen LogP contribution in [0.4, 0.5) is 13.2 Å². The molecule has 1 saturated heterocycles. The number of ether oxygens (including phenoxy) is 1. The fourth-order valence-corrected chi connectivity index (χ4v) is 3.39. The Morgan fingerprint density at radius 2 is 1.97 bits per heavy atom. The van der Waals surface area contributed by atoms with Gasteiger partial charge in [-0.05, 0) is 29.8 Å². The van der Waals surface area contributed by atoms with Crippen LogP contribution >= 0.6 is 0 Å². The zero-order valence-corrected chi connectivity index (χ0v) is 16.0. The third-order valence-corrected chi connectivity index (χ3v) is 4.99. The quantitative estimate of drug-likeness (QED) is 0.620. The molecular formula is C21H18F3N3O3. The first-order valence-corrected chi connectivity index (χ1v) is 9.25. The lowest BCUT2D eigenvalue weighted by atomic mass is 10.1. The van der Waals surface area contributed by atoms with Crippen molar-refractivity contribution in [3.63, 3.8) is 0 Å². The Morgan fingerprint density at radius 1 is 1.20 bits per heavy atom. The third kappa shape index (κ3) is 4.14. The molecule has 1 aromatic heterocycles. The number of alkyl halides is 3. The highest BCUT2D eigenvalue weighted by atomic mass is 19.4. The van der Waals surface area contributed by atoms with Gasteiger partial charge in [0.25, 0.3) is 0 Å². The van der Waals surface area contributed by atoms with Crippen molar-refractivity contribution in [3.8, 4) is 17.1 Å². The van der Waals surface area contributed by atoms with Crippen molar-refractivity contribution in [2.75, 3.05) is 13.7 Å². The molecule has 1 aliphatic rings. The SMILES string of the molecule is COc1cccc(-c2noc(C3CC(=O)N(Cc4ccc(C(F)(F)F)cc4)C3)n2)c1. The summed E-state index contributed by atoms with van der Waals surface area (Å²) in [6.07, 6.45) is -4.17. The zero-order chi connectivity index (χ0) is 21.3. The number of nitrogens with zero attached hydrogens (tertiary/aromatic N) is 3. The number of hydrogen-bond acceptors (Lipinski definition) is 5. The summed E-state index contributed by atoms with van der Waals surface area (Å²) in [6.45, 7) is 0.587. The summed E-state index contributed by atoms with van der Waals surface area (Å²) in [7, 11) is 1.57. The van der Waals surface area contributed by atoms with Crippen molar-refractivity contribution in [2.45, 2.75) is 25.1 Å². The lowest BCUT2D eigenvalue weighted by molar-refractivity contribution is -0.137. The summed E-state index contributed by atoms with van der Waals surface area (Å²) in [5.41, 5.74) is 0.641. The van der Waals surface area contributed by atoms with Crippen LogP contribution in [0.25, 0.3) is 11.4 Å². The van der Waals surface area contributed by atoms with Gasteiger partial charge < -0.3 is 14.2 Å². The van der Waals surface area contributed by atoms with E-state index < -0.39 is 11.7 Å². The standard InChI is InChI=1S/C21H18F3N3O3/c1-29-17-4-2-3-14(9-17)19-25-20(30-26-19)15-10-18(28)27(12-15)11-13-5-7-16(8-6-13)21(22,23)24/h2-9,15H,10-12H2,1H3. The van der Waals surface area contributed by atoms with E-state index in [1.165, 1.54) is 12.1 Å². The fraction of sp³-hybridized carbons (Fsp3) is 0.286. The second kappa shape index (κ2) is 7.81. The van der Waals surface area contributed by atoms with Crippen LogP contribution in [0.1, 0.15) is 29.4 Å². The first kappa shape index (κ1) is 19.9. The molecule has 30 heavy (non-hydrogen) atoms. The number of methoxy groups -OCH3 is 1. The van der Waals surface area contributed by atoms with Crippen LogP contribution in [-0.2, 0) is 17.5 Å². The van der Waals surface area contributed by atoms with E-state index in [9.17, 15) is 18.0 Å². The van der Waals surface area contributed by atoms with Crippen LogP contribution in [0.2, 0.25) is 0 Å². The Bertz CT molecular complexity index is 1050. The molecule has 0 aliphatic carbocycles. The minimum atomic E-state index is -4.38. The van der Waals surface area contributed by atoms with E-state index >= 15 is 0 Å². The molecule has 4 rings (SSSR count). The monoisotopic (exact) mass is 417 g/mol. The van der Waals surface area contributed by atoms with Gasteiger partial charge in [0.05, 0.1) is 18.6 Å². The highest BCUT2D eigenvalue weighted by Gasteiger charge is 2.35. The second-order valence-electron chi connectivity index (χ2n) is 7.06. The van der Waals surface area contributed by atoms with Gasteiger partial charge in [-0.1, -0.05) is 29.4 Å². The molecule has 1 unspecified atom stereocenters. The first-order chi connectivity index (χ1) is 14.3. The molecule has 1 amide bonds. The van der Waals surface area contributed by atoms with E-state index in [0.29, 0.717) is 29.6 Å². The number of halogens is 3. The Morgan fingerprint density at radius 3 is 2.67 bits per heavy atom. The molecular weight excluding hydrogens is 399 g/mol. The molecule has 2 heterocycles. The van der Waals surface area contributed by atoms with E-state index in [-0.39, 0.29) is 24.8 Å². The van der Waals surface area contributed by atoms with Gasteiger partial charge in [-0.2, -0.15) is 18.2 Å². The van der Waals surface area contributed by atoms with Gasteiger partial charge >= 0.3 is 6.18 Å². The van der Waals surface area contributed by atoms with E-state index in [2.05, 4.69) is 10.1 Å². The van der Waals surface area contributed by atoms with Crippen LogP contribution < -0.4 is 4.74 Å². The third-order valence-electron chi connectivity index (χ3n) is 4.99. The van der Waals surface area contributed by atoms with Crippen LogP contribution in [0.3, 0.4) is 0 Å². The van der Waals surface area contributed by atoms with Crippen LogP contribution in [-0.4, -0.2) is 34.6 Å². The second-order valence-corrected chi connectivity index (χ2v) is 7.06. The Kier molecular flexibility index (Phi) is 5.19. The fourth-order valence-electron chi connectivity index (χ4n) is 3.39. The summed E-state index contributed by atoms with van der Waals surface area (Å²) in [5, 5.41) is 4.00. The largest absolute Gasteiger partial charge is 0.497 e. The number of carbonyl (C=O) groups is 1. The number of aromatic nitrogens is 2. The number of likely N-dealkylation sites (tertiary alicyclic amines) is 1. The number of amides is 1. The van der Waals surface area contributed by atoms with E-state index in [4.69, 9.17) is 9.26 Å². The number of rotatable bonds is 5. The van der Waals surface area contributed by atoms with Gasteiger partial charge in [0.2, 0.25) is 17.6 Å². The van der Waals surface area contributed by atoms with Gasteiger partial charge in [-0.25, -0.2) is 0 Å². The minimum absolute atomic E-state index is 0.110. The predicted molar refractivity (Wildman–Crippen MR) is 101 cm³/mol. The van der Waals surface area contributed by atoms with Crippen molar-refractivity contribution in [3.05, 3.63) is 65.5 Å². The zero-order valence-electron chi connectivity index (χ0n) is 16.0. The van der Waals surface area contributed by atoms with Gasteiger partial charge in [0.1, 0.15) is 5.75 Å². The number of carbonyl (C=O) groups excluding carboxylic acids is 1. The van der Waals surface area contributed by atoms with Crippen LogP contribution in [0.5, 0.6) is 5.75 Å². The average molecular weight is 417 g/mol. The van der Waals surface area contributed by atoms with Crippen molar-refractivity contribution in [2.24, 2.45) is 0 Å². The van der Waals surface area contributed by atoms with Crippen molar-refractivity contribution in [1.82, 2.24) is 15.0 Å². The molecule has 0 radical (unpaired) electrons. The van der Waals surface area contributed by atoms with E-state index in [1.807, 2.05) is 12.1 Å². The molecule has 1 atom stereocenters. The Labute approximate surface area is 170 Å². The smallest absolute Gasteiger partial charge is 0.416 e. The first-order valence-electron chi connectivity index (χ1n) is 9.25. The maximum atomic E-state index is 12.7. The summed E-state index contributed by atoms with van der Waals surface area (Å²) >= 11 is 0. The molecule has 1 aliphatic heterocycles. The number of benzene rings is 2. The predicted octanol–water partition coefficient (Wildman–Crippen LogP) is 4.28. The molecule has 2 aromatic carbocycles. The molecule has 0 saturated carbocycles. The Balaban J connectivity index is 1.44. The average Bonchev–Trinajstić information content (AvgIpc) is 3.35. The van der Waals surface area contributed by atoms with Crippen LogP contribution in [0, 0.1) is 0 Å². The summed E-state index contributed by atoms with van der Waals surface area (Å²) < 4.78 is 48.7. The molecule has 0 N–H and O–H groups in total. The topological polar surface area (TPSA) is 68.5 Å². The molecule has 6 nitrogen and oxygen atoms in total. The van der Waals surface area contributed by atoms with Crippen molar-refractivity contribution < 1.29 is 27.2 Å². The molecule has 156 valence electrons. The molecule has 9 heteroatoms. The summed E-state index contributed by atoms with van der Waals surface area (Å²) in [4.78, 5) is 18.4. The lowest BCUT2D eigenvalue weighted by Gasteiger charge is -2.16. The molecule has 0 bridgehead atoms. The molecule has 3 aromatic rings. The van der Waals surface area contributed by atoms with E-state index in [1.54, 1.807) is 24.1 Å². The molecule has 0 spiro atoms. The highest BCUT2D eigenvalue weighted by Crippen LogP contribution is 2.32. The van der Waals surface area contributed by atoms with E-state index in [0.717, 1.165) is 17.7 Å². The van der Waals surface area contributed by atoms with Gasteiger partial charge in [-0.3, -0.25) is 4.79 Å². The maximum Gasteiger partial charge on any atom is 0.416 e. The normalized spacial score (nSPS) is 16.9. The Hall–Kier alpha value is -3.36. The summed E-state index contributed by atoms with van der Waals surface area (Å²) in [5.74, 6) is 1.05. The van der Waals surface area contributed by atoms with Crippen molar-refractivity contribution >= 4 is 5.91 Å². The van der Waals surface area contributed by atoms with Crippen LogP contribution in [0.15, 0.2) is 53.1 Å². The van der Waals surface area contributed by atoms with Crippen molar-refractivity contribution in [1.29, 1.82) is 0 Å². The summed E-state index contributed by atoms with van der Waals surface area (Å²) in [6, 6.07) is 12.0. The lowest BCUT2D eigenvalue weighted by Crippen LogP contribution is -2.24. The van der Waals surface area contributed by atoms with Gasteiger partial charge in [-0.15, -0.1) is 0 Å². The highest BCUT2D eigenvalue weighted by molar-refractivity contribution is 5.79. The number of hydrogen-bond donors (Lipinski definition) is 0. The minimum Gasteiger partial charge on any atom is -0.497 e. The maximum absolute atomic E-state index is 12.7. The van der Waals surface area contributed by atoms with Gasteiger partial charge in [0, 0.05) is 25.1 Å².